The maximum Gasteiger partial charge on any atom is 0.411 e. The summed E-state index contributed by atoms with van der Waals surface area (Å²) in [4.78, 5) is 48.2. The molecule has 320 valence electrons. The molecule has 0 N–H and O–H groups in total. The molecule has 58 heavy (non-hydrogen) atoms. The minimum atomic E-state index is -1.96. The minimum Gasteiger partial charge on any atom is -0.491 e. The minimum absolute atomic E-state index is 0.0505. The van der Waals surface area contributed by atoms with Gasteiger partial charge in [-0.25, -0.2) is 9.59 Å². The van der Waals surface area contributed by atoms with Crippen molar-refractivity contribution < 1.29 is 33.0 Å². The zero-order valence-electron chi connectivity index (χ0n) is 35.0. The predicted octanol–water partition coefficient (Wildman–Crippen LogP) is 11.3. The van der Waals surface area contributed by atoms with E-state index in [2.05, 4.69) is 33.9 Å². The summed E-state index contributed by atoms with van der Waals surface area (Å²) < 4.78 is 22.2. The number of amides is 3. The Labute approximate surface area is 369 Å². The number of ether oxygens (including phenoxy) is 3. The summed E-state index contributed by atoms with van der Waals surface area (Å²) in [5.74, 6) is 0.349. The van der Waals surface area contributed by atoms with Crippen molar-refractivity contribution in [2.24, 2.45) is 0 Å². The highest BCUT2D eigenvalue weighted by Gasteiger charge is 2.53. The van der Waals surface area contributed by atoms with Crippen LogP contribution in [0.3, 0.4) is 0 Å². The van der Waals surface area contributed by atoms with E-state index in [0.717, 1.165) is 24.0 Å². The number of piperazine rings is 1. The molecular weight excluding hydrogens is 864 g/mol. The first kappa shape index (κ1) is 46.7. The molecular formula is C42H56Cl5N3O7Si. The number of carbonyl (C=O) groups is 3. The van der Waals surface area contributed by atoms with Crippen LogP contribution in [0, 0.1) is 0 Å². The Morgan fingerprint density at radius 1 is 0.845 bits per heavy atom. The Kier molecular flexibility index (Phi) is 14.1. The topological polar surface area (TPSA) is 97.8 Å². The molecule has 0 spiro atoms. The lowest BCUT2D eigenvalue weighted by Gasteiger charge is -2.51. The Morgan fingerprint density at radius 3 is 2.05 bits per heavy atom. The molecule has 2 heterocycles. The first-order chi connectivity index (χ1) is 26.7. The van der Waals surface area contributed by atoms with Crippen molar-refractivity contribution in [3.8, 4) is 5.75 Å². The number of hydrogen-bond acceptors (Lipinski definition) is 7. The number of nitrogens with zero attached hydrogens (tertiary/aromatic N) is 3. The number of rotatable bonds is 11. The summed E-state index contributed by atoms with van der Waals surface area (Å²) in [6, 6.07) is 11.2. The van der Waals surface area contributed by atoms with Crippen molar-refractivity contribution in [1.82, 2.24) is 14.7 Å². The summed E-state index contributed by atoms with van der Waals surface area (Å²) >= 11 is 31.9. The van der Waals surface area contributed by atoms with Crippen molar-refractivity contribution in [2.75, 3.05) is 26.3 Å². The first-order valence-electron chi connectivity index (χ1n) is 19.6. The molecule has 0 radical (unpaired) electrons. The SMILES string of the molecule is CC(C)(C)OC(=O)N1C[C@H]2CC(c3ccc(OCCO[Si](C)(C)C(C)(C)C)cc3)=C(C(=O)N(Cc3cccc(Cl)c3Cl)C3CC3)[C@@H](C1)N2C(=O)OC(C)(C)C(Cl)(Cl)Cl. The zero-order chi connectivity index (χ0) is 43.2. The average Bonchev–Trinajstić information content (AvgIpc) is 3.94. The molecule has 5 rings (SSSR count). The molecule has 2 aliphatic heterocycles. The van der Waals surface area contributed by atoms with Gasteiger partial charge in [-0.2, -0.15) is 0 Å². The van der Waals surface area contributed by atoms with E-state index in [0.29, 0.717) is 40.1 Å². The maximum absolute atomic E-state index is 15.4. The quantitative estimate of drug-likeness (QED) is 0.126. The third kappa shape index (κ3) is 10.9. The van der Waals surface area contributed by atoms with Gasteiger partial charge in [0.1, 0.15) is 18.0 Å². The third-order valence-electron chi connectivity index (χ3n) is 11.2. The Hall–Kier alpha value is -2.38. The van der Waals surface area contributed by atoms with E-state index < -0.39 is 47.6 Å². The van der Waals surface area contributed by atoms with Crippen molar-refractivity contribution in [2.45, 2.75) is 132 Å². The van der Waals surface area contributed by atoms with Crippen LogP contribution in [0.25, 0.3) is 5.57 Å². The van der Waals surface area contributed by atoms with Crippen LogP contribution in [0.5, 0.6) is 5.75 Å². The zero-order valence-corrected chi connectivity index (χ0v) is 39.8. The van der Waals surface area contributed by atoms with Crippen molar-refractivity contribution >= 4 is 90.0 Å². The summed E-state index contributed by atoms with van der Waals surface area (Å²) in [7, 11) is -1.93. The lowest BCUT2D eigenvalue weighted by atomic mass is 9.81. The second kappa shape index (κ2) is 17.5. The fourth-order valence-corrected chi connectivity index (χ4v) is 8.24. The number of fused-ring (bicyclic) bond motifs is 2. The molecule has 0 unspecified atom stereocenters. The second-order valence-corrected chi connectivity index (χ2v) is 26.2. The highest BCUT2D eigenvalue weighted by molar-refractivity contribution is 6.74. The third-order valence-corrected chi connectivity index (χ3v) is 18.0. The van der Waals surface area contributed by atoms with Gasteiger partial charge < -0.3 is 28.4 Å². The van der Waals surface area contributed by atoms with Crippen LogP contribution in [0.4, 0.5) is 9.59 Å². The fourth-order valence-electron chi connectivity index (χ4n) is 6.72. The summed E-state index contributed by atoms with van der Waals surface area (Å²) in [5.41, 5.74) is 0.218. The molecule has 1 saturated carbocycles. The first-order valence-corrected chi connectivity index (χ1v) is 24.4. The molecule has 2 aromatic rings. The normalized spacial score (nSPS) is 19.2. The number of carbonyl (C=O) groups excluding carboxylic acids is 3. The van der Waals surface area contributed by atoms with Gasteiger partial charge in [0.2, 0.25) is 3.79 Å². The second-order valence-electron chi connectivity index (χ2n) is 18.3. The molecule has 0 aromatic heterocycles. The smallest absolute Gasteiger partial charge is 0.411 e. The van der Waals surface area contributed by atoms with Crippen LogP contribution >= 0.6 is 58.0 Å². The van der Waals surface area contributed by atoms with Crippen LogP contribution in [0.2, 0.25) is 28.2 Å². The van der Waals surface area contributed by atoms with E-state index in [1.807, 2.05) is 30.3 Å². The van der Waals surface area contributed by atoms with Gasteiger partial charge in [-0.1, -0.05) is 103 Å². The van der Waals surface area contributed by atoms with Gasteiger partial charge >= 0.3 is 12.2 Å². The van der Waals surface area contributed by atoms with Gasteiger partial charge in [-0.15, -0.1) is 0 Å². The van der Waals surface area contributed by atoms with Crippen LogP contribution < -0.4 is 4.74 Å². The van der Waals surface area contributed by atoms with Crippen molar-refractivity contribution in [3.05, 3.63) is 69.2 Å². The van der Waals surface area contributed by atoms with E-state index in [-0.39, 0.29) is 43.0 Å². The monoisotopic (exact) mass is 917 g/mol. The van der Waals surface area contributed by atoms with Gasteiger partial charge in [-0.05, 0) is 107 Å². The molecule has 10 nitrogen and oxygen atoms in total. The van der Waals surface area contributed by atoms with Crippen LogP contribution in [-0.4, -0.2) is 101 Å². The van der Waals surface area contributed by atoms with Gasteiger partial charge in [0.25, 0.3) is 5.91 Å². The molecule has 2 bridgehead atoms. The molecule has 2 fully saturated rings. The van der Waals surface area contributed by atoms with Crippen LogP contribution in [0.1, 0.15) is 85.8 Å². The highest BCUT2D eigenvalue weighted by Crippen LogP contribution is 2.45. The molecule has 3 aliphatic rings. The van der Waals surface area contributed by atoms with E-state index in [4.69, 9.17) is 76.6 Å². The lowest BCUT2D eigenvalue weighted by Crippen LogP contribution is -2.66. The summed E-state index contributed by atoms with van der Waals surface area (Å²) in [6.07, 6.45) is 0.448. The van der Waals surface area contributed by atoms with Crippen LogP contribution in [0.15, 0.2) is 48.0 Å². The molecule has 3 amide bonds. The Balaban J connectivity index is 1.57. The average molecular weight is 920 g/mol. The van der Waals surface area contributed by atoms with Crippen molar-refractivity contribution in [1.29, 1.82) is 0 Å². The summed E-state index contributed by atoms with van der Waals surface area (Å²) in [6.45, 7) is 20.5. The van der Waals surface area contributed by atoms with E-state index in [1.165, 1.54) is 18.7 Å². The summed E-state index contributed by atoms with van der Waals surface area (Å²) in [5, 5.41) is 0.821. The fraction of sp³-hybridized carbons (Fsp3) is 0.595. The molecule has 16 heteroatoms. The largest absolute Gasteiger partial charge is 0.491 e. The van der Waals surface area contributed by atoms with Gasteiger partial charge in [-0.3, -0.25) is 9.69 Å². The number of benzene rings is 2. The maximum atomic E-state index is 15.4. The Morgan fingerprint density at radius 2 is 1.48 bits per heavy atom. The standard InChI is InChI=1S/C42H56Cl5N3O7Si/c1-39(2,3)56-37(52)48-24-29-22-31(26-14-18-30(19-15-26)54-20-21-55-58(9,10)40(4,5)6)34(33(25-48)50(29)38(53)57-41(7,8)42(45,46)47)36(51)49(28-16-17-28)23-27-12-11-13-32(43)35(27)44/h11-15,18-19,28-29,33H,16-17,20-25H2,1-10H3/t29-,33-/m1/s1. The van der Waals surface area contributed by atoms with E-state index >= 15 is 4.79 Å². The van der Waals surface area contributed by atoms with Gasteiger partial charge in [0.05, 0.1) is 28.7 Å². The number of hydrogen-bond donors (Lipinski definition) is 0. The van der Waals surface area contributed by atoms with Crippen LogP contribution in [-0.2, 0) is 25.2 Å². The molecule has 1 saturated heterocycles. The Bertz CT molecular complexity index is 1880. The number of halogens is 5. The highest BCUT2D eigenvalue weighted by atomic mass is 35.6. The van der Waals surface area contributed by atoms with E-state index in [9.17, 15) is 9.59 Å². The number of alkyl halides is 3. The predicted molar refractivity (Wildman–Crippen MR) is 235 cm³/mol. The van der Waals surface area contributed by atoms with Gasteiger partial charge in [0.15, 0.2) is 13.9 Å². The van der Waals surface area contributed by atoms with Gasteiger partial charge in [0, 0.05) is 31.2 Å². The molecule has 2 atom stereocenters. The van der Waals surface area contributed by atoms with Crippen molar-refractivity contribution in [3.63, 3.8) is 0 Å². The molecule has 1 aliphatic carbocycles. The molecule has 2 aromatic carbocycles. The van der Waals surface area contributed by atoms with E-state index in [1.54, 1.807) is 42.7 Å². The lowest BCUT2D eigenvalue weighted by molar-refractivity contribution is -0.129.